The van der Waals surface area contributed by atoms with Crippen LogP contribution in [0.3, 0.4) is 0 Å². The number of pyridine rings is 2. The summed E-state index contributed by atoms with van der Waals surface area (Å²) in [5, 5.41) is 4.15. The third-order valence-electron chi connectivity index (χ3n) is 5.74. The van der Waals surface area contributed by atoms with E-state index in [4.69, 9.17) is 4.74 Å². The summed E-state index contributed by atoms with van der Waals surface area (Å²) in [6, 6.07) is 11.0. The number of aromatic nitrogens is 2. The monoisotopic (exact) mass is 418 g/mol. The molecule has 0 spiro atoms. The van der Waals surface area contributed by atoms with E-state index in [0.717, 1.165) is 42.6 Å². The third-order valence-corrected chi connectivity index (χ3v) is 5.74. The number of methoxy groups -OCH3 is 1. The van der Waals surface area contributed by atoms with Crippen molar-refractivity contribution in [1.29, 1.82) is 0 Å². The number of carbonyl (C=O) groups excluding carboxylic acids is 2. The molecule has 1 amide bonds. The molecule has 3 aromatic rings. The number of rotatable bonds is 4. The van der Waals surface area contributed by atoms with Crippen LogP contribution in [0.4, 0.5) is 11.4 Å². The Hall–Kier alpha value is -3.48. The Morgan fingerprint density at radius 2 is 1.90 bits per heavy atom. The van der Waals surface area contributed by atoms with Crippen LogP contribution in [0.15, 0.2) is 42.6 Å². The second kappa shape index (κ2) is 8.71. The number of piperidine rings is 1. The van der Waals surface area contributed by atoms with E-state index in [1.807, 2.05) is 24.0 Å². The van der Waals surface area contributed by atoms with Crippen molar-refractivity contribution in [2.75, 3.05) is 19.0 Å². The van der Waals surface area contributed by atoms with E-state index in [1.165, 1.54) is 7.11 Å². The normalized spacial score (nSPS) is 16.2. The van der Waals surface area contributed by atoms with Gasteiger partial charge in [0.05, 0.1) is 23.9 Å². The number of likely N-dealkylation sites (tertiary alicyclic amines) is 1. The van der Waals surface area contributed by atoms with Crippen LogP contribution in [-0.4, -0.2) is 46.4 Å². The summed E-state index contributed by atoms with van der Waals surface area (Å²) in [5.74, 6) is -0.425. The molecular weight excluding hydrogens is 392 g/mol. The number of aryl methyl sites for hydroxylation is 1. The third kappa shape index (κ3) is 4.21. The van der Waals surface area contributed by atoms with E-state index in [9.17, 15) is 9.59 Å². The molecule has 0 radical (unpaired) electrons. The molecule has 1 unspecified atom stereocenters. The molecule has 7 nitrogen and oxygen atoms in total. The zero-order chi connectivity index (χ0) is 22.0. The van der Waals surface area contributed by atoms with Crippen LogP contribution in [-0.2, 0) is 4.74 Å². The van der Waals surface area contributed by atoms with E-state index in [2.05, 4.69) is 22.2 Å². The Kier molecular flexibility index (Phi) is 5.84. The predicted octanol–water partition coefficient (Wildman–Crippen LogP) is 4.48. The van der Waals surface area contributed by atoms with Crippen LogP contribution in [0.5, 0.6) is 0 Å². The molecule has 0 bridgehead atoms. The number of ether oxygens (including phenoxy) is 1. The quantitative estimate of drug-likeness (QED) is 0.629. The summed E-state index contributed by atoms with van der Waals surface area (Å²) in [7, 11) is 1.35. The number of benzene rings is 1. The number of fused-ring (bicyclic) bond motifs is 1. The number of esters is 1. The van der Waals surface area contributed by atoms with Crippen molar-refractivity contribution in [1.82, 2.24) is 14.9 Å². The van der Waals surface area contributed by atoms with Gasteiger partial charge in [0.25, 0.3) is 5.91 Å². The summed E-state index contributed by atoms with van der Waals surface area (Å²) in [4.78, 5) is 36.1. The molecule has 1 saturated heterocycles. The maximum atomic E-state index is 13.5. The second-order valence-corrected chi connectivity index (χ2v) is 7.91. The van der Waals surface area contributed by atoms with Gasteiger partial charge in [-0.25, -0.2) is 14.8 Å². The standard InChI is InChI=1S/C24H26N4O3/c1-15-7-12-19-21(27-18-10-8-17(9-11-18)24(30)31-3)20(14-25-22(19)26-15)23(29)28-13-5-4-6-16(28)2/h7-12,14,16H,4-6,13H2,1-3H3,(H,25,26,27). The number of hydrogen-bond acceptors (Lipinski definition) is 6. The van der Waals surface area contributed by atoms with Crippen molar-refractivity contribution < 1.29 is 14.3 Å². The van der Waals surface area contributed by atoms with Gasteiger partial charge in [0.2, 0.25) is 0 Å². The van der Waals surface area contributed by atoms with Gasteiger partial charge < -0.3 is 15.0 Å². The summed E-state index contributed by atoms with van der Waals surface area (Å²) in [6.45, 7) is 4.75. The maximum absolute atomic E-state index is 13.5. The lowest BCUT2D eigenvalue weighted by Gasteiger charge is -2.34. The minimum atomic E-state index is -0.393. The lowest BCUT2D eigenvalue weighted by molar-refractivity contribution is 0.0599. The van der Waals surface area contributed by atoms with Crippen LogP contribution >= 0.6 is 0 Å². The highest BCUT2D eigenvalue weighted by Crippen LogP contribution is 2.31. The SMILES string of the molecule is COC(=O)c1ccc(Nc2c(C(=O)N3CCCCC3C)cnc3nc(C)ccc23)cc1. The van der Waals surface area contributed by atoms with E-state index in [1.54, 1.807) is 30.5 Å². The first-order valence-corrected chi connectivity index (χ1v) is 10.5. The van der Waals surface area contributed by atoms with Gasteiger partial charge in [-0.05, 0) is 69.5 Å². The zero-order valence-corrected chi connectivity index (χ0v) is 18.0. The number of anilines is 2. The lowest BCUT2D eigenvalue weighted by atomic mass is 10.0. The Bertz CT molecular complexity index is 1130. The number of hydrogen-bond donors (Lipinski definition) is 1. The molecule has 4 rings (SSSR count). The molecule has 160 valence electrons. The Morgan fingerprint density at radius 3 is 2.61 bits per heavy atom. The van der Waals surface area contributed by atoms with Crippen molar-refractivity contribution >= 4 is 34.3 Å². The van der Waals surface area contributed by atoms with E-state index in [0.29, 0.717) is 22.5 Å². The molecule has 1 aliphatic heterocycles. The Balaban J connectivity index is 1.76. The predicted molar refractivity (Wildman–Crippen MR) is 120 cm³/mol. The molecule has 31 heavy (non-hydrogen) atoms. The van der Waals surface area contributed by atoms with Crippen LogP contribution in [0.2, 0.25) is 0 Å². The van der Waals surface area contributed by atoms with Gasteiger partial charge in [0.1, 0.15) is 0 Å². The molecule has 0 saturated carbocycles. The van der Waals surface area contributed by atoms with Crippen molar-refractivity contribution in [3.05, 3.63) is 59.4 Å². The first-order chi connectivity index (χ1) is 15.0. The maximum Gasteiger partial charge on any atom is 0.337 e. The molecule has 1 aliphatic rings. The molecule has 0 aliphatic carbocycles. The largest absolute Gasteiger partial charge is 0.465 e. The highest BCUT2D eigenvalue weighted by atomic mass is 16.5. The average Bonchev–Trinajstić information content (AvgIpc) is 2.79. The molecule has 1 aromatic carbocycles. The molecule has 2 aromatic heterocycles. The summed E-state index contributed by atoms with van der Waals surface area (Å²) < 4.78 is 4.76. The van der Waals surface area contributed by atoms with Crippen LogP contribution in [0.25, 0.3) is 11.0 Å². The molecule has 1 fully saturated rings. The van der Waals surface area contributed by atoms with Crippen LogP contribution in [0, 0.1) is 6.92 Å². The first-order valence-electron chi connectivity index (χ1n) is 10.5. The lowest BCUT2D eigenvalue weighted by Crippen LogP contribution is -2.42. The number of nitrogens with zero attached hydrogens (tertiary/aromatic N) is 3. The minimum absolute atomic E-state index is 0.0316. The highest BCUT2D eigenvalue weighted by molar-refractivity contribution is 6.07. The second-order valence-electron chi connectivity index (χ2n) is 7.91. The number of carbonyl (C=O) groups is 2. The molecule has 1 N–H and O–H groups in total. The highest BCUT2D eigenvalue weighted by Gasteiger charge is 2.27. The summed E-state index contributed by atoms with van der Waals surface area (Å²) >= 11 is 0. The van der Waals surface area contributed by atoms with Crippen molar-refractivity contribution in [2.24, 2.45) is 0 Å². The zero-order valence-electron chi connectivity index (χ0n) is 18.0. The smallest absolute Gasteiger partial charge is 0.337 e. The fraction of sp³-hybridized carbons (Fsp3) is 0.333. The Labute approximate surface area is 181 Å². The van der Waals surface area contributed by atoms with Crippen molar-refractivity contribution in [3.63, 3.8) is 0 Å². The molecular formula is C24H26N4O3. The van der Waals surface area contributed by atoms with Crippen molar-refractivity contribution in [3.8, 4) is 0 Å². The molecule has 1 atom stereocenters. The van der Waals surface area contributed by atoms with Gasteiger partial charge in [-0.3, -0.25) is 4.79 Å². The fourth-order valence-electron chi connectivity index (χ4n) is 3.98. The van der Waals surface area contributed by atoms with E-state index in [-0.39, 0.29) is 11.9 Å². The van der Waals surface area contributed by atoms with Gasteiger partial charge in [0.15, 0.2) is 5.65 Å². The van der Waals surface area contributed by atoms with E-state index < -0.39 is 5.97 Å². The van der Waals surface area contributed by atoms with Crippen molar-refractivity contribution in [2.45, 2.75) is 39.2 Å². The topological polar surface area (TPSA) is 84.4 Å². The van der Waals surface area contributed by atoms with E-state index >= 15 is 0 Å². The van der Waals surface area contributed by atoms with Gasteiger partial charge >= 0.3 is 5.97 Å². The van der Waals surface area contributed by atoms with Gasteiger partial charge in [-0.15, -0.1) is 0 Å². The van der Waals surface area contributed by atoms with Gasteiger partial charge in [0, 0.05) is 35.6 Å². The fourth-order valence-corrected chi connectivity index (χ4v) is 3.98. The average molecular weight is 418 g/mol. The molecule has 7 heteroatoms. The number of amides is 1. The number of nitrogens with one attached hydrogen (secondary N) is 1. The Morgan fingerprint density at radius 1 is 1.13 bits per heavy atom. The van der Waals surface area contributed by atoms with Crippen LogP contribution in [0.1, 0.15) is 52.6 Å². The molecule has 3 heterocycles. The summed E-state index contributed by atoms with van der Waals surface area (Å²) in [5.41, 5.74) is 3.84. The van der Waals surface area contributed by atoms with Gasteiger partial charge in [-0.1, -0.05) is 0 Å². The van der Waals surface area contributed by atoms with Gasteiger partial charge in [-0.2, -0.15) is 0 Å². The minimum Gasteiger partial charge on any atom is -0.465 e. The first kappa shape index (κ1) is 20.8. The summed E-state index contributed by atoms with van der Waals surface area (Å²) in [6.07, 6.45) is 4.77. The van der Waals surface area contributed by atoms with Crippen LogP contribution < -0.4 is 5.32 Å².